The van der Waals surface area contributed by atoms with Crippen molar-refractivity contribution >= 4 is 27.5 Å². The summed E-state index contributed by atoms with van der Waals surface area (Å²) in [5.41, 5.74) is 0.269. The van der Waals surface area contributed by atoms with Gasteiger partial charge in [-0.05, 0) is 36.8 Å². The van der Waals surface area contributed by atoms with Gasteiger partial charge in [-0.2, -0.15) is 5.26 Å². The van der Waals surface area contributed by atoms with Gasteiger partial charge in [-0.3, -0.25) is 4.79 Å². The molecule has 1 amide bonds. The summed E-state index contributed by atoms with van der Waals surface area (Å²) < 4.78 is 59.9. The normalized spacial score (nSPS) is 27.1. The summed E-state index contributed by atoms with van der Waals surface area (Å²) >= 11 is 3.35. The number of rotatable bonds is 7. The molecule has 1 aromatic heterocycles. The third kappa shape index (κ3) is 6.09. The Balaban J connectivity index is 1.56. The molecule has 2 aliphatic heterocycles. The van der Waals surface area contributed by atoms with Crippen LogP contribution in [0.15, 0.2) is 41.0 Å². The van der Waals surface area contributed by atoms with Crippen LogP contribution >= 0.6 is 15.9 Å². The van der Waals surface area contributed by atoms with Gasteiger partial charge in [0.15, 0.2) is 23.6 Å². The minimum absolute atomic E-state index is 0.0559. The summed E-state index contributed by atoms with van der Waals surface area (Å²) in [6, 6.07) is 6.06. The minimum Gasteiger partial charge on any atom is -0.394 e. The van der Waals surface area contributed by atoms with Crippen LogP contribution in [0.3, 0.4) is 0 Å². The Morgan fingerprint density at radius 1 is 1.23 bits per heavy atom. The number of nitrogens with zero attached hydrogens (tertiary/aromatic N) is 5. The number of hydrogen-bond donors (Lipinski definition) is 3. The number of nitriles is 1. The van der Waals surface area contributed by atoms with Gasteiger partial charge in [-0.1, -0.05) is 21.1 Å². The first kappa shape index (κ1) is 32.0. The Hall–Kier alpha value is -3.43. The number of aromatic nitrogens is 3. The van der Waals surface area contributed by atoms with Gasteiger partial charge in [0.05, 0.1) is 43.2 Å². The smallest absolute Gasteiger partial charge is 0.259 e. The molecule has 0 spiro atoms. The third-order valence-electron chi connectivity index (χ3n) is 7.63. The van der Waals surface area contributed by atoms with Crippen molar-refractivity contribution in [2.75, 3.05) is 31.8 Å². The van der Waals surface area contributed by atoms with Crippen molar-refractivity contribution in [2.45, 2.75) is 49.0 Å². The molecular formula is C28H27BrF3N5O7. The van der Waals surface area contributed by atoms with Crippen LogP contribution in [0, 0.1) is 28.8 Å². The van der Waals surface area contributed by atoms with Gasteiger partial charge in [0, 0.05) is 29.4 Å². The van der Waals surface area contributed by atoms with Crippen LogP contribution in [0.25, 0.3) is 11.3 Å². The maximum Gasteiger partial charge on any atom is 0.259 e. The monoisotopic (exact) mass is 681 g/mol. The number of hydrogen-bond acceptors (Lipinski definition) is 10. The lowest BCUT2D eigenvalue weighted by molar-refractivity contribution is -0.211. The molecule has 5 rings (SSSR count). The summed E-state index contributed by atoms with van der Waals surface area (Å²) in [6.07, 6.45) is -5.27. The first-order valence-corrected chi connectivity index (χ1v) is 14.2. The van der Waals surface area contributed by atoms with Gasteiger partial charge >= 0.3 is 0 Å². The second-order valence-electron chi connectivity index (χ2n) is 10.3. The van der Waals surface area contributed by atoms with Crippen LogP contribution in [0.4, 0.5) is 18.9 Å². The van der Waals surface area contributed by atoms with E-state index < -0.39 is 72.6 Å². The van der Waals surface area contributed by atoms with E-state index in [1.807, 2.05) is 6.07 Å². The third-order valence-corrected chi connectivity index (χ3v) is 8.09. The van der Waals surface area contributed by atoms with Crippen molar-refractivity contribution in [1.82, 2.24) is 15.0 Å². The molecular weight excluding hydrogens is 655 g/mol. The average molecular weight is 682 g/mol. The largest absolute Gasteiger partial charge is 0.394 e. The predicted molar refractivity (Wildman–Crippen MR) is 148 cm³/mol. The molecule has 0 radical (unpaired) electrons. The molecule has 3 aromatic rings. The highest BCUT2D eigenvalue weighted by atomic mass is 79.9. The topological polar surface area (TPSA) is 163 Å². The number of carbonyl (C=O) groups excluding carboxylic acids is 1. The number of benzene rings is 2. The van der Waals surface area contributed by atoms with Crippen molar-refractivity contribution in [1.29, 1.82) is 5.26 Å². The van der Waals surface area contributed by atoms with Gasteiger partial charge in [0.1, 0.15) is 30.0 Å². The number of ether oxygens (including phenoxy) is 3. The lowest BCUT2D eigenvalue weighted by atomic mass is 9.90. The molecule has 7 atom stereocenters. The molecule has 3 heterocycles. The highest BCUT2D eigenvalue weighted by Crippen LogP contribution is 2.36. The molecule has 44 heavy (non-hydrogen) atoms. The zero-order chi connectivity index (χ0) is 31.7. The quantitative estimate of drug-likeness (QED) is 0.314. The number of amides is 1. The maximum absolute atomic E-state index is 14.4. The minimum atomic E-state index is -1.65. The van der Waals surface area contributed by atoms with Gasteiger partial charge in [0.2, 0.25) is 0 Å². The van der Waals surface area contributed by atoms with Gasteiger partial charge in [-0.15, -0.1) is 5.10 Å². The number of anilines is 1. The van der Waals surface area contributed by atoms with E-state index in [0.717, 1.165) is 16.8 Å². The van der Waals surface area contributed by atoms with Gasteiger partial charge < -0.3 is 34.4 Å². The van der Waals surface area contributed by atoms with Crippen LogP contribution in [0.2, 0.25) is 0 Å². The van der Waals surface area contributed by atoms with Crippen LogP contribution in [-0.4, -0.2) is 99.7 Å². The Labute approximate surface area is 257 Å². The number of carbonyl (C=O) groups is 1. The van der Waals surface area contributed by atoms with Crippen molar-refractivity contribution in [3.8, 4) is 17.3 Å². The molecule has 0 aliphatic carbocycles. The number of aliphatic hydroxyl groups excluding tert-OH is 3. The lowest BCUT2D eigenvalue weighted by Crippen LogP contribution is -2.63. The van der Waals surface area contributed by atoms with Crippen LogP contribution in [0.5, 0.6) is 0 Å². The van der Waals surface area contributed by atoms with Crippen molar-refractivity contribution < 1.29 is 47.5 Å². The average Bonchev–Trinajstić information content (AvgIpc) is 3.50. The maximum atomic E-state index is 14.4. The number of aliphatic hydroxyl groups is 3. The summed E-state index contributed by atoms with van der Waals surface area (Å²) in [5.74, 6) is -5.25. The van der Waals surface area contributed by atoms with E-state index in [0.29, 0.717) is 4.47 Å². The second kappa shape index (κ2) is 13.3. The Kier molecular flexibility index (Phi) is 9.65. The highest BCUT2D eigenvalue weighted by Gasteiger charge is 2.52. The summed E-state index contributed by atoms with van der Waals surface area (Å²) in [6.45, 7) is -0.542. The highest BCUT2D eigenvalue weighted by molar-refractivity contribution is 9.10. The van der Waals surface area contributed by atoms with Crippen molar-refractivity contribution in [3.05, 3.63) is 64.0 Å². The molecule has 0 saturated carbocycles. The molecule has 3 N–H and O–H groups in total. The van der Waals surface area contributed by atoms with Gasteiger partial charge in [-0.25, -0.2) is 17.9 Å². The Morgan fingerprint density at radius 3 is 2.59 bits per heavy atom. The molecule has 234 valence electrons. The zero-order valence-electron chi connectivity index (χ0n) is 23.1. The summed E-state index contributed by atoms with van der Waals surface area (Å²) in [4.78, 5) is 15.7. The Morgan fingerprint density at radius 2 is 1.95 bits per heavy atom. The fourth-order valence-corrected chi connectivity index (χ4v) is 6.01. The van der Waals surface area contributed by atoms with E-state index in [-0.39, 0.29) is 42.1 Å². The molecule has 0 bridgehead atoms. The zero-order valence-corrected chi connectivity index (χ0v) is 24.6. The van der Waals surface area contributed by atoms with E-state index in [1.54, 1.807) is 12.1 Å². The van der Waals surface area contributed by atoms with E-state index in [2.05, 4.69) is 26.2 Å². The van der Waals surface area contributed by atoms with Gasteiger partial charge in [0.25, 0.3) is 5.91 Å². The fraction of sp³-hybridized carbons (Fsp3) is 0.429. The molecule has 16 heteroatoms. The SMILES string of the molecule is CO[C@@H]1[C@@H](n2cc(-c3cc(F)c(F)c(F)c3)nn2)[C@@H](O)[C@@H](CO)O[C@H]1C(=O)N(c1cc(Br)cc(C#N)c1)[C@H]1CCOC[C@@H]1O. The Bertz CT molecular complexity index is 1550. The van der Waals surface area contributed by atoms with Crippen molar-refractivity contribution in [2.24, 2.45) is 0 Å². The first-order chi connectivity index (χ1) is 21.1. The van der Waals surface area contributed by atoms with Crippen LogP contribution < -0.4 is 4.90 Å². The van der Waals surface area contributed by atoms with Crippen LogP contribution in [0.1, 0.15) is 18.0 Å². The predicted octanol–water partition coefficient (Wildman–Crippen LogP) is 1.86. The second-order valence-corrected chi connectivity index (χ2v) is 11.2. The molecule has 2 fully saturated rings. The van der Waals surface area contributed by atoms with E-state index in [1.165, 1.54) is 24.3 Å². The fourth-order valence-electron chi connectivity index (χ4n) is 5.53. The summed E-state index contributed by atoms with van der Waals surface area (Å²) in [5, 5.41) is 49.6. The lowest BCUT2D eigenvalue weighted by Gasteiger charge is -2.46. The number of halogens is 4. The summed E-state index contributed by atoms with van der Waals surface area (Å²) in [7, 11) is 1.26. The first-order valence-electron chi connectivity index (χ1n) is 13.4. The van der Waals surface area contributed by atoms with Crippen molar-refractivity contribution in [3.63, 3.8) is 0 Å². The standard InChI is InChI=1S/C28H27BrF3N5O7/c1-42-26-24(36-10-19(34-35-36)14-6-17(30)23(32)18(31)7-14)25(40)22(11-38)44-27(26)28(41)37(20-2-3-43-12-21(20)39)16-5-13(9-33)4-15(29)8-16/h4-8,10,20-22,24-27,38-40H,2-3,11-12H2,1H3/t20-,21-,22+,24-,25-,26+,27+/m0/s1. The van der Waals surface area contributed by atoms with E-state index in [9.17, 15) is 38.5 Å². The molecule has 2 aromatic carbocycles. The molecule has 2 aliphatic rings. The van der Waals surface area contributed by atoms with E-state index >= 15 is 0 Å². The van der Waals surface area contributed by atoms with Crippen LogP contribution in [-0.2, 0) is 19.0 Å². The van der Waals surface area contributed by atoms with E-state index in [4.69, 9.17) is 14.2 Å². The molecule has 12 nitrogen and oxygen atoms in total. The number of methoxy groups -OCH3 is 1. The molecule has 2 saturated heterocycles. The molecule has 0 unspecified atom stereocenters.